The normalized spacial score (nSPS) is 16.4. The lowest BCUT2D eigenvalue weighted by Gasteiger charge is -2.29. The van der Waals surface area contributed by atoms with Crippen LogP contribution in [0.15, 0.2) is 67.1 Å². The predicted octanol–water partition coefficient (Wildman–Crippen LogP) is 6.94. The number of amides is 6. The van der Waals surface area contributed by atoms with E-state index in [1.165, 1.54) is 18.6 Å². The Bertz CT molecular complexity index is 2450. The molecule has 0 bridgehead atoms. The Morgan fingerprint density at radius 3 is 1.74 bits per heavy atom. The second-order valence-electron chi connectivity index (χ2n) is 22.7. The van der Waals surface area contributed by atoms with Gasteiger partial charge in [0.25, 0.3) is 5.91 Å². The van der Waals surface area contributed by atoms with Crippen molar-refractivity contribution in [3.63, 3.8) is 0 Å². The summed E-state index contributed by atoms with van der Waals surface area (Å²) in [5.41, 5.74) is 2.16. The molecule has 77 heavy (non-hydrogen) atoms. The summed E-state index contributed by atoms with van der Waals surface area (Å²) in [6.45, 7) is 16.2. The fourth-order valence-corrected chi connectivity index (χ4v) is 9.14. The number of carbonyl (C=O) groups excluding carboxylic acids is 8. The largest absolute Gasteiger partial charge is 0.460 e. The van der Waals surface area contributed by atoms with E-state index in [-0.39, 0.29) is 74.7 Å². The topological polar surface area (TPSA) is 271 Å². The molecule has 0 saturated heterocycles. The molecule has 3 aromatic rings. The number of ether oxygens (including phenoxy) is 4. The Kier molecular flexibility index (Phi) is 22.3. The first kappa shape index (κ1) is 60.7. The number of alkyl carbamates (subject to hydrolysis) is 1. The highest BCUT2D eigenvalue weighted by Gasteiger charge is 2.34. The van der Waals surface area contributed by atoms with Gasteiger partial charge in [-0.1, -0.05) is 48.5 Å². The fraction of sp³-hybridized carbons (Fsp3) is 0.579. The van der Waals surface area contributed by atoms with Crippen LogP contribution in [0.2, 0.25) is 0 Å². The van der Waals surface area contributed by atoms with Gasteiger partial charge >= 0.3 is 30.0 Å². The molecule has 1 fully saturated rings. The van der Waals surface area contributed by atoms with Crippen molar-refractivity contribution in [3.8, 4) is 11.1 Å². The van der Waals surface area contributed by atoms with Crippen molar-refractivity contribution in [2.24, 2.45) is 11.8 Å². The fourth-order valence-electron chi connectivity index (χ4n) is 9.14. The van der Waals surface area contributed by atoms with Crippen LogP contribution in [0, 0.1) is 11.8 Å². The van der Waals surface area contributed by atoms with Crippen LogP contribution in [0.1, 0.15) is 160 Å². The molecule has 6 amide bonds. The highest BCUT2D eigenvalue weighted by atomic mass is 16.6. The maximum absolute atomic E-state index is 13.8. The molecule has 0 radical (unpaired) electrons. The van der Waals surface area contributed by atoms with Crippen LogP contribution in [0.25, 0.3) is 11.1 Å². The van der Waals surface area contributed by atoms with Gasteiger partial charge in [0, 0.05) is 50.3 Å². The first-order valence-corrected chi connectivity index (χ1v) is 26.8. The number of rotatable bonds is 24. The monoisotopic (exact) mass is 1070 g/mol. The number of carbonyl (C=O) groups is 8. The molecule has 3 atom stereocenters. The van der Waals surface area contributed by atoms with E-state index >= 15 is 0 Å². The standard InChI is InChI=1S/C57H80N8O12/c1-55(2,3)75-47(66)28-27-45(52(71)77-57(7,8)9)65-53(72)64-44(51(70)76-56(4,5)6)21-14-15-29-60-49(68)43(22-16-30-61-50(69)46-34-58-31-32-59-46)63-48(67)37-25-23-36(24-26-37)33-62-54(73)74-35-42-40-19-12-10-17-38(40)39-18-11-13-20-41(39)42/h10-13,17-20,31-32,34,36-37,42-45H,14-16,21-30,33,35H2,1-9H3,(H,60,68)(H,61,69)(H,62,73)(H,63,67)(H2,64,65,72)/t36?,37?,43-,44-,45-/m0/s1. The van der Waals surface area contributed by atoms with Crippen molar-refractivity contribution in [2.75, 3.05) is 26.2 Å². The molecule has 2 aliphatic rings. The minimum absolute atomic E-state index is 0.0511. The average Bonchev–Trinajstić information content (AvgIpc) is 3.72. The van der Waals surface area contributed by atoms with Gasteiger partial charge in [-0.2, -0.15) is 0 Å². The molecule has 1 aromatic heterocycles. The highest BCUT2D eigenvalue weighted by molar-refractivity contribution is 5.92. The molecular formula is C57H80N8O12. The number of urea groups is 1. The Balaban J connectivity index is 1.12. The minimum Gasteiger partial charge on any atom is -0.460 e. The molecule has 20 heteroatoms. The number of nitrogens with zero attached hydrogens (tertiary/aromatic N) is 2. The molecular weight excluding hydrogens is 989 g/mol. The first-order chi connectivity index (χ1) is 36.4. The molecule has 1 heterocycles. The number of fused-ring (bicyclic) bond motifs is 3. The molecule has 0 aliphatic heterocycles. The Morgan fingerprint density at radius 1 is 0.610 bits per heavy atom. The minimum atomic E-state index is -1.25. The van der Waals surface area contributed by atoms with E-state index in [1.54, 1.807) is 62.3 Å². The highest BCUT2D eigenvalue weighted by Crippen LogP contribution is 2.44. The van der Waals surface area contributed by atoms with Crippen LogP contribution in [0.4, 0.5) is 9.59 Å². The summed E-state index contributed by atoms with van der Waals surface area (Å²) in [7, 11) is 0. The van der Waals surface area contributed by atoms with Crippen LogP contribution in [-0.4, -0.2) is 119 Å². The lowest BCUT2D eigenvalue weighted by molar-refractivity contribution is -0.159. The maximum atomic E-state index is 13.8. The summed E-state index contributed by atoms with van der Waals surface area (Å²) in [5, 5.41) is 16.7. The molecule has 5 rings (SSSR count). The van der Waals surface area contributed by atoms with Gasteiger partial charge < -0.3 is 50.8 Å². The lowest BCUT2D eigenvalue weighted by Crippen LogP contribution is -2.53. The Hall–Kier alpha value is -7.12. The van der Waals surface area contributed by atoms with Gasteiger partial charge in [-0.25, -0.2) is 24.2 Å². The van der Waals surface area contributed by atoms with Gasteiger partial charge in [-0.3, -0.25) is 24.2 Å². The van der Waals surface area contributed by atoms with Crippen molar-refractivity contribution >= 4 is 47.8 Å². The molecule has 20 nitrogen and oxygen atoms in total. The molecule has 1 saturated carbocycles. The zero-order valence-corrected chi connectivity index (χ0v) is 46.2. The van der Waals surface area contributed by atoms with E-state index in [4.69, 9.17) is 18.9 Å². The Morgan fingerprint density at radius 2 is 1.17 bits per heavy atom. The van der Waals surface area contributed by atoms with Gasteiger partial charge in [-0.05, 0) is 155 Å². The zero-order chi connectivity index (χ0) is 56.3. The number of esters is 3. The molecule has 420 valence electrons. The van der Waals surface area contributed by atoms with E-state index in [9.17, 15) is 38.4 Å². The van der Waals surface area contributed by atoms with E-state index < -0.39 is 76.8 Å². The number of hydrogen-bond donors (Lipinski definition) is 6. The molecule has 6 N–H and O–H groups in total. The summed E-state index contributed by atoms with van der Waals surface area (Å²) in [5.74, 6) is -3.44. The van der Waals surface area contributed by atoms with Crippen LogP contribution < -0.4 is 31.9 Å². The van der Waals surface area contributed by atoms with Crippen molar-refractivity contribution in [1.82, 2.24) is 41.9 Å². The maximum Gasteiger partial charge on any atom is 0.407 e. The summed E-state index contributed by atoms with van der Waals surface area (Å²) in [6.07, 6.45) is 7.26. The van der Waals surface area contributed by atoms with Crippen molar-refractivity contribution < 1.29 is 57.3 Å². The van der Waals surface area contributed by atoms with Crippen LogP contribution in [0.3, 0.4) is 0 Å². The van der Waals surface area contributed by atoms with Gasteiger partial charge in [-0.15, -0.1) is 0 Å². The molecule has 2 aromatic carbocycles. The number of nitrogens with one attached hydrogen (secondary N) is 6. The van der Waals surface area contributed by atoms with E-state index in [2.05, 4.69) is 66.1 Å². The van der Waals surface area contributed by atoms with Crippen LogP contribution >= 0.6 is 0 Å². The van der Waals surface area contributed by atoms with Crippen molar-refractivity contribution in [1.29, 1.82) is 0 Å². The third-order valence-corrected chi connectivity index (χ3v) is 12.7. The van der Waals surface area contributed by atoms with Gasteiger partial charge in [0.05, 0.1) is 6.20 Å². The summed E-state index contributed by atoms with van der Waals surface area (Å²) >= 11 is 0. The van der Waals surface area contributed by atoms with E-state index in [1.807, 2.05) is 24.3 Å². The number of aromatic nitrogens is 2. The number of hydrogen-bond acceptors (Lipinski definition) is 14. The quantitative estimate of drug-likeness (QED) is 0.0301. The number of unbranched alkanes of at least 4 members (excludes halogenated alkanes) is 1. The van der Waals surface area contributed by atoms with Gasteiger partial charge in [0.2, 0.25) is 11.8 Å². The zero-order valence-electron chi connectivity index (χ0n) is 46.2. The SMILES string of the molecule is CC(C)(C)OC(=O)CC[C@H](NC(=O)N[C@@H](CCCCNC(=O)[C@H](CCCNC(=O)c1cnccn1)NC(=O)C1CCC(CNC(=O)OCC2c3ccccc3-c3ccccc32)CC1)C(=O)OC(C)(C)C)C(=O)OC(C)(C)C. The van der Waals surface area contributed by atoms with Crippen LogP contribution in [-0.2, 0) is 42.9 Å². The predicted molar refractivity (Wildman–Crippen MR) is 287 cm³/mol. The second kappa shape index (κ2) is 28.3. The molecule has 0 unspecified atom stereocenters. The molecule has 0 spiro atoms. The van der Waals surface area contributed by atoms with E-state index in [0.29, 0.717) is 51.5 Å². The summed E-state index contributed by atoms with van der Waals surface area (Å²) in [4.78, 5) is 114. The van der Waals surface area contributed by atoms with Crippen LogP contribution in [0.5, 0.6) is 0 Å². The number of benzene rings is 2. The van der Waals surface area contributed by atoms with E-state index in [0.717, 1.165) is 22.3 Å². The van der Waals surface area contributed by atoms with Crippen molar-refractivity contribution in [2.45, 2.75) is 174 Å². The smallest absolute Gasteiger partial charge is 0.407 e. The summed E-state index contributed by atoms with van der Waals surface area (Å²) < 4.78 is 22.2. The summed E-state index contributed by atoms with van der Waals surface area (Å²) in [6, 6.07) is 12.1. The van der Waals surface area contributed by atoms with Gasteiger partial charge in [0.1, 0.15) is 47.2 Å². The molecule has 2 aliphatic carbocycles. The van der Waals surface area contributed by atoms with Gasteiger partial charge in [0.15, 0.2) is 0 Å². The average molecular weight is 1070 g/mol. The lowest BCUT2D eigenvalue weighted by atomic mass is 9.81. The first-order valence-electron chi connectivity index (χ1n) is 26.8. The Labute approximate surface area is 452 Å². The van der Waals surface area contributed by atoms with Crippen molar-refractivity contribution in [3.05, 3.63) is 83.9 Å². The third kappa shape index (κ3) is 20.7. The second-order valence-corrected chi connectivity index (χ2v) is 22.7. The third-order valence-electron chi connectivity index (χ3n) is 12.7.